The summed E-state index contributed by atoms with van der Waals surface area (Å²) in [4.78, 5) is 0. The van der Waals surface area contributed by atoms with Gasteiger partial charge in [0.25, 0.3) is 6.01 Å². The SMILES string of the molecule is Cl.N=C(N)c1ccc(F)o1. The fourth-order valence-electron chi connectivity index (χ4n) is 0.459. The number of nitrogen functional groups attached to an aromatic ring is 1. The molecule has 0 radical (unpaired) electrons. The van der Waals surface area contributed by atoms with Crippen LogP contribution in [-0.4, -0.2) is 5.84 Å². The van der Waals surface area contributed by atoms with Gasteiger partial charge in [0.05, 0.1) is 0 Å². The van der Waals surface area contributed by atoms with Crippen LogP contribution >= 0.6 is 12.4 Å². The van der Waals surface area contributed by atoms with E-state index >= 15 is 0 Å². The molecule has 5 heteroatoms. The molecule has 0 saturated carbocycles. The lowest BCUT2D eigenvalue weighted by Crippen LogP contribution is -2.09. The molecular weight excluding hydrogens is 159 g/mol. The van der Waals surface area contributed by atoms with Crippen molar-refractivity contribution in [3.8, 4) is 0 Å². The normalized spacial score (nSPS) is 8.50. The maximum Gasteiger partial charge on any atom is 0.278 e. The third kappa shape index (κ3) is 1.73. The summed E-state index contributed by atoms with van der Waals surface area (Å²) in [7, 11) is 0. The quantitative estimate of drug-likeness (QED) is 0.483. The highest BCUT2D eigenvalue weighted by Crippen LogP contribution is 2.03. The van der Waals surface area contributed by atoms with E-state index in [1.807, 2.05) is 0 Å². The van der Waals surface area contributed by atoms with Crippen molar-refractivity contribution < 1.29 is 8.81 Å². The summed E-state index contributed by atoms with van der Waals surface area (Å²) in [5.74, 6) is -0.202. The highest BCUT2D eigenvalue weighted by atomic mass is 35.5. The molecule has 1 heterocycles. The molecule has 3 nitrogen and oxygen atoms in total. The number of halogens is 2. The van der Waals surface area contributed by atoms with Gasteiger partial charge in [-0.1, -0.05) is 0 Å². The Balaban J connectivity index is 0.000000810. The third-order valence-corrected chi connectivity index (χ3v) is 0.839. The smallest absolute Gasteiger partial charge is 0.278 e. The maximum absolute atomic E-state index is 12.0. The Morgan fingerprint density at radius 1 is 1.60 bits per heavy atom. The van der Waals surface area contributed by atoms with Crippen molar-refractivity contribution >= 4 is 18.2 Å². The number of hydrogen-bond donors (Lipinski definition) is 2. The summed E-state index contributed by atoms with van der Waals surface area (Å²) in [6.07, 6.45) is 0. The first kappa shape index (κ1) is 8.97. The van der Waals surface area contributed by atoms with Gasteiger partial charge in [0, 0.05) is 6.07 Å². The van der Waals surface area contributed by atoms with Gasteiger partial charge in [0.1, 0.15) is 0 Å². The van der Waals surface area contributed by atoms with Crippen molar-refractivity contribution in [1.82, 2.24) is 0 Å². The van der Waals surface area contributed by atoms with Gasteiger partial charge in [-0.15, -0.1) is 12.4 Å². The van der Waals surface area contributed by atoms with Crippen LogP contribution in [0.4, 0.5) is 4.39 Å². The molecule has 0 aliphatic rings. The minimum atomic E-state index is -0.722. The molecule has 1 aromatic heterocycles. The van der Waals surface area contributed by atoms with Crippen LogP contribution in [-0.2, 0) is 0 Å². The molecular formula is C5H6ClFN2O. The zero-order chi connectivity index (χ0) is 6.85. The van der Waals surface area contributed by atoms with E-state index in [1.54, 1.807) is 0 Å². The molecule has 3 N–H and O–H groups in total. The number of hydrogen-bond acceptors (Lipinski definition) is 2. The van der Waals surface area contributed by atoms with Gasteiger partial charge in [0.15, 0.2) is 11.6 Å². The van der Waals surface area contributed by atoms with E-state index in [9.17, 15) is 4.39 Å². The highest BCUT2D eigenvalue weighted by Gasteiger charge is 2.01. The number of amidine groups is 1. The lowest BCUT2D eigenvalue weighted by molar-refractivity contribution is 0.355. The Hall–Kier alpha value is -1.03. The molecule has 0 unspecified atom stereocenters. The van der Waals surface area contributed by atoms with Crippen molar-refractivity contribution in [3.05, 3.63) is 23.9 Å². The molecule has 0 aromatic carbocycles. The van der Waals surface area contributed by atoms with Crippen molar-refractivity contribution in [2.24, 2.45) is 5.73 Å². The minimum Gasteiger partial charge on any atom is -0.428 e. The zero-order valence-electron chi connectivity index (χ0n) is 4.93. The van der Waals surface area contributed by atoms with E-state index in [2.05, 4.69) is 4.42 Å². The van der Waals surface area contributed by atoms with Crippen molar-refractivity contribution in [2.75, 3.05) is 0 Å². The molecule has 0 bridgehead atoms. The zero-order valence-corrected chi connectivity index (χ0v) is 5.74. The molecule has 0 fully saturated rings. The number of nitrogens with two attached hydrogens (primary N) is 1. The van der Waals surface area contributed by atoms with Crippen LogP contribution in [0.1, 0.15) is 5.76 Å². The summed E-state index contributed by atoms with van der Waals surface area (Å²) in [6, 6.07) is 1.69. The fourth-order valence-corrected chi connectivity index (χ4v) is 0.459. The van der Waals surface area contributed by atoms with Gasteiger partial charge in [-0.25, -0.2) is 0 Å². The van der Waals surface area contributed by atoms with E-state index < -0.39 is 6.01 Å². The van der Waals surface area contributed by atoms with E-state index in [1.165, 1.54) is 6.07 Å². The number of rotatable bonds is 1. The monoisotopic (exact) mass is 164 g/mol. The van der Waals surface area contributed by atoms with Crippen LogP contribution < -0.4 is 5.73 Å². The van der Waals surface area contributed by atoms with Gasteiger partial charge in [-0.2, -0.15) is 4.39 Å². The van der Waals surface area contributed by atoms with Crippen LogP contribution in [0.15, 0.2) is 16.5 Å². The Morgan fingerprint density at radius 3 is 2.40 bits per heavy atom. The lowest BCUT2D eigenvalue weighted by Gasteiger charge is -1.85. The predicted octanol–water partition coefficient (Wildman–Crippen LogP) is 1.12. The Bertz CT molecular complexity index is 235. The highest BCUT2D eigenvalue weighted by molar-refractivity contribution is 5.92. The van der Waals surface area contributed by atoms with Crippen molar-refractivity contribution in [2.45, 2.75) is 0 Å². The maximum atomic E-state index is 12.0. The predicted molar refractivity (Wildman–Crippen MR) is 36.9 cm³/mol. The summed E-state index contributed by atoms with van der Waals surface area (Å²) >= 11 is 0. The summed E-state index contributed by atoms with van der Waals surface area (Å²) < 4.78 is 16.3. The van der Waals surface area contributed by atoms with E-state index in [4.69, 9.17) is 11.1 Å². The van der Waals surface area contributed by atoms with E-state index in [0.29, 0.717) is 0 Å². The van der Waals surface area contributed by atoms with Crippen LogP contribution in [0.5, 0.6) is 0 Å². The van der Waals surface area contributed by atoms with Gasteiger partial charge in [-0.3, -0.25) is 5.41 Å². The van der Waals surface area contributed by atoms with Gasteiger partial charge in [-0.05, 0) is 6.07 Å². The summed E-state index contributed by atoms with van der Waals surface area (Å²) in [5, 5.41) is 6.77. The van der Waals surface area contributed by atoms with Crippen molar-refractivity contribution in [1.29, 1.82) is 5.41 Å². The molecule has 0 atom stereocenters. The molecule has 1 aromatic rings. The molecule has 0 saturated heterocycles. The number of furan rings is 1. The second-order valence-corrected chi connectivity index (χ2v) is 1.52. The third-order valence-electron chi connectivity index (χ3n) is 0.839. The second kappa shape index (κ2) is 3.22. The van der Waals surface area contributed by atoms with Gasteiger partial charge in [0.2, 0.25) is 0 Å². The lowest BCUT2D eigenvalue weighted by atomic mass is 10.4. The first-order valence-corrected chi connectivity index (χ1v) is 2.30. The molecule has 0 spiro atoms. The second-order valence-electron chi connectivity index (χ2n) is 1.52. The van der Waals surface area contributed by atoms with E-state index in [-0.39, 0.29) is 24.0 Å². The van der Waals surface area contributed by atoms with Gasteiger partial charge >= 0.3 is 0 Å². The Kier molecular flexibility index (Phi) is 2.89. The fraction of sp³-hybridized carbons (Fsp3) is 0. The first-order valence-electron chi connectivity index (χ1n) is 2.30. The van der Waals surface area contributed by atoms with Crippen molar-refractivity contribution in [3.63, 3.8) is 0 Å². The van der Waals surface area contributed by atoms with E-state index in [0.717, 1.165) is 6.07 Å². The average Bonchev–Trinajstić information content (AvgIpc) is 2.14. The summed E-state index contributed by atoms with van der Waals surface area (Å²) in [6.45, 7) is 0. The van der Waals surface area contributed by atoms with Gasteiger partial charge < -0.3 is 10.2 Å². The molecule has 0 aliphatic carbocycles. The van der Waals surface area contributed by atoms with Crippen LogP contribution in [0, 0.1) is 11.4 Å². The Morgan fingerprint density at radius 2 is 2.20 bits per heavy atom. The molecule has 1 rings (SSSR count). The summed E-state index contributed by atoms with van der Waals surface area (Å²) in [5.41, 5.74) is 4.95. The first-order chi connectivity index (χ1) is 4.20. The van der Waals surface area contributed by atoms with Crippen LogP contribution in [0.2, 0.25) is 0 Å². The van der Waals surface area contributed by atoms with Crippen LogP contribution in [0.3, 0.4) is 0 Å². The standard InChI is InChI=1S/C5H5FN2O.ClH/c6-4-2-1-3(9-4)5(7)8;/h1-2H,(H3,7,8);1H. The molecule has 56 valence electrons. The molecule has 0 aliphatic heterocycles. The van der Waals surface area contributed by atoms with Crippen LogP contribution in [0.25, 0.3) is 0 Å². The topological polar surface area (TPSA) is 63.0 Å². The minimum absolute atomic E-state index is 0. The molecule has 10 heavy (non-hydrogen) atoms. The average molecular weight is 165 g/mol. The largest absolute Gasteiger partial charge is 0.428 e. The number of nitrogens with one attached hydrogen (secondary N) is 1. The molecule has 0 amide bonds. The Labute approximate surface area is 62.9 Å².